The van der Waals surface area contributed by atoms with E-state index in [1.54, 1.807) is 6.92 Å². The number of carboxylic acids is 1. The largest absolute Gasteiger partial charge is 0.477 e. The van der Waals surface area contributed by atoms with Crippen molar-refractivity contribution in [3.05, 3.63) is 47.3 Å². The first-order valence-electron chi connectivity index (χ1n) is 5.02. The maximum atomic E-state index is 13.5. The number of halogens is 2. The number of hydrogen-bond donors (Lipinski definition) is 1. The molecule has 0 radical (unpaired) electrons. The molecule has 0 bridgehead atoms. The lowest BCUT2D eigenvalue weighted by molar-refractivity contribution is 0.0690. The molecule has 1 heterocycles. The Balaban J connectivity index is 2.60. The Hall–Kier alpha value is -2.37. The number of rotatable bonds is 2. The summed E-state index contributed by atoms with van der Waals surface area (Å²) in [6, 6.07) is 4.20. The molecule has 92 valence electrons. The van der Waals surface area contributed by atoms with E-state index >= 15 is 0 Å². The average molecular weight is 250 g/mol. The van der Waals surface area contributed by atoms with Crippen LogP contribution in [0.25, 0.3) is 11.4 Å². The fourth-order valence-electron chi connectivity index (χ4n) is 1.47. The molecular formula is C12H8F2N2O2. The summed E-state index contributed by atoms with van der Waals surface area (Å²) in [7, 11) is 0. The van der Waals surface area contributed by atoms with E-state index in [2.05, 4.69) is 9.97 Å². The monoisotopic (exact) mass is 250 g/mol. The zero-order valence-corrected chi connectivity index (χ0v) is 9.32. The number of aryl methyl sites for hydroxylation is 1. The number of aromatic nitrogens is 2. The molecule has 0 atom stereocenters. The van der Waals surface area contributed by atoms with Gasteiger partial charge in [0.05, 0.1) is 5.56 Å². The zero-order valence-electron chi connectivity index (χ0n) is 9.32. The average Bonchev–Trinajstić information content (AvgIpc) is 2.27. The summed E-state index contributed by atoms with van der Waals surface area (Å²) in [6.45, 7) is 1.57. The van der Waals surface area contributed by atoms with Crippen molar-refractivity contribution >= 4 is 5.97 Å². The fourth-order valence-corrected chi connectivity index (χ4v) is 1.47. The molecule has 1 aromatic carbocycles. The van der Waals surface area contributed by atoms with Crippen LogP contribution >= 0.6 is 0 Å². The highest BCUT2D eigenvalue weighted by Gasteiger charge is 2.13. The van der Waals surface area contributed by atoms with Crippen molar-refractivity contribution in [2.24, 2.45) is 0 Å². The summed E-state index contributed by atoms with van der Waals surface area (Å²) in [5.41, 5.74) is 0.116. The molecular weight excluding hydrogens is 242 g/mol. The summed E-state index contributed by atoms with van der Waals surface area (Å²) in [6.07, 6.45) is 0. The Labute approximate surface area is 101 Å². The number of carboxylic acid groups (broad SMARTS) is 1. The third-order valence-corrected chi connectivity index (χ3v) is 2.25. The molecule has 0 fully saturated rings. The smallest absolute Gasteiger partial charge is 0.354 e. The third kappa shape index (κ3) is 2.32. The highest BCUT2D eigenvalue weighted by Crippen LogP contribution is 2.20. The Morgan fingerprint density at radius 2 is 1.94 bits per heavy atom. The summed E-state index contributed by atoms with van der Waals surface area (Å²) < 4.78 is 26.3. The van der Waals surface area contributed by atoms with Gasteiger partial charge in [-0.15, -0.1) is 0 Å². The van der Waals surface area contributed by atoms with Crippen LogP contribution in [0.1, 0.15) is 16.2 Å². The van der Waals surface area contributed by atoms with Crippen LogP contribution in [0.4, 0.5) is 8.78 Å². The highest BCUT2D eigenvalue weighted by molar-refractivity contribution is 5.86. The van der Waals surface area contributed by atoms with Gasteiger partial charge in [0.25, 0.3) is 0 Å². The molecule has 18 heavy (non-hydrogen) atoms. The molecule has 0 saturated heterocycles. The minimum absolute atomic E-state index is 0.0393. The number of benzene rings is 1. The molecule has 0 saturated carbocycles. The van der Waals surface area contributed by atoms with Crippen LogP contribution in [-0.4, -0.2) is 21.0 Å². The summed E-state index contributed by atoms with van der Waals surface area (Å²) in [4.78, 5) is 18.5. The number of aromatic carboxylic acids is 1. The van der Waals surface area contributed by atoms with Gasteiger partial charge in [0, 0.05) is 11.8 Å². The second-order valence-corrected chi connectivity index (χ2v) is 3.65. The van der Waals surface area contributed by atoms with Gasteiger partial charge in [-0.25, -0.2) is 23.5 Å². The molecule has 0 aliphatic heterocycles. The SMILES string of the molecule is Cc1cc(C(=O)O)nc(-c2ccc(F)cc2F)n1. The van der Waals surface area contributed by atoms with Crippen LogP contribution in [0.5, 0.6) is 0 Å². The maximum absolute atomic E-state index is 13.5. The number of nitrogens with zero attached hydrogens (tertiary/aromatic N) is 2. The Kier molecular flexibility index (Phi) is 3.01. The molecule has 0 spiro atoms. The van der Waals surface area contributed by atoms with Crippen molar-refractivity contribution in [1.82, 2.24) is 9.97 Å². The Morgan fingerprint density at radius 3 is 2.56 bits per heavy atom. The summed E-state index contributed by atoms with van der Waals surface area (Å²) in [5, 5.41) is 8.85. The normalized spacial score (nSPS) is 10.4. The molecule has 4 nitrogen and oxygen atoms in total. The minimum Gasteiger partial charge on any atom is -0.477 e. The zero-order chi connectivity index (χ0) is 13.3. The minimum atomic E-state index is -1.23. The van der Waals surface area contributed by atoms with Crippen molar-refractivity contribution in [3.63, 3.8) is 0 Å². The van der Waals surface area contributed by atoms with Crippen LogP contribution < -0.4 is 0 Å². The van der Waals surface area contributed by atoms with E-state index in [0.717, 1.165) is 6.07 Å². The first-order valence-corrected chi connectivity index (χ1v) is 5.02. The van der Waals surface area contributed by atoms with Crippen molar-refractivity contribution in [3.8, 4) is 11.4 Å². The Morgan fingerprint density at radius 1 is 1.22 bits per heavy atom. The van der Waals surface area contributed by atoms with Gasteiger partial charge in [0.2, 0.25) is 0 Å². The first kappa shape index (κ1) is 12.1. The Bertz CT molecular complexity index is 629. The van der Waals surface area contributed by atoms with Crippen LogP contribution in [-0.2, 0) is 0 Å². The molecule has 0 aliphatic rings. The molecule has 1 aromatic heterocycles. The molecule has 1 N–H and O–H groups in total. The van der Waals surface area contributed by atoms with Crippen LogP contribution in [0, 0.1) is 18.6 Å². The van der Waals surface area contributed by atoms with Crippen molar-refractivity contribution in [1.29, 1.82) is 0 Å². The van der Waals surface area contributed by atoms with Gasteiger partial charge in [0.15, 0.2) is 11.5 Å². The molecule has 0 aliphatic carbocycles. The molecule has 0 unspecified atom stereocenters. The standard InChI is InChI=1S/C12H8F2N2O2/c1-6-4-10(12(17)18)16-11(15-6)8-3-2-7(13)5-9(8)14/h2-5H,1H3,(H,17,18). The van der Waals surface area contributed by atoms with E-state index in [1.165, 1.54) is 12.1 Å². The summed E-state index contributed by atoms with van der Waals surface area (Å²) in [5.74, 6) is -2.87. The first-order chi connectivity index (χ1) is 8.47. The molecule has 2 rings (SSSR count). The quantitative estimate of drug-likeness (QED) is 0.889. The van der Waals surface area contributed by atoms with E-state index in [0.29, 0.717) is 11.8 Å². The summed E-state index contributed by atoms with van der Waals surface area (Å²) >= 11 is 0. The van der Waals surface area contributed by atoms with Gasteiger partial charge in [-0.3, -0.25) is 0 Å². The maximum Gasteiger partial charge on any atom is 0.354 e. The lowest BCUT2D eigenvalue weighted by Crippen LogP contribution is -2.05. The van der Waals surface area contributed by atoms with E-state index in [1.807, 2.05) is 0 Å². The predicted molar refractivity (Wildman–Crippen MR) is 59.1 cm³/mol. The van der Waals surface area contributed by atoms with Crippen molar-refractivity contribution in [2.45, 2.75) is 6.92 Å². The van der Waals surface area contributed by atoms with Gasteiger partial charge in [-0.2, -0.15) is 0 Å². The van der Waals surface area contributed by atoms with Gasteiger partial charge in [-0.1, -0.05) is 0 Å². The molecule has 2 aromatic rings. The van der Waals surface area contributed by atoms with E-state index in [-0.39, 0.29) is 17.1 Å². The number of hydrogen-bond acceptors (Lipinski definition) is 3. The van der Waals surface area contributed by atoms with Crippen LogP contribution in [0.3, 0.4) is 0 Å². The van der Waals surface area contributed by atoms with E-state index in [9.17, 15) is 13.6 Å². The lowest BCUT2D eigenvalue weighted by Gasteiger charge is -2.04. The van der Waals surface area contributed by atoms with E-state index < -0.39 is 17.6 Å². The highest BCUT2D eigenvalue weighted by atomic mass is 19.1. The van der Waals surface area contributed by atoms with Crippen molar-refractivity contribution < 1.29 is 18.7 Å². The van der Waals surface area contributed by atoms with Crippen LogP contribution in [0.15, 0.2) is 24.3 Å². The predicted octanol–water partition coefficient (Wildman–Crippen LogP) is 2.43. The fraction of sp³-hybridized carbons (Fsp3) is 0.0833. The van der Waals surface area contributed by atoms with Gasteiger partial charge >= 0.3 is 5.97 Å². The second kappa shape index (κ2) is 4.48. The van der Waals surface area contributed by atoms with Gasteiger partial charge in [0.1, 0.15) is 11.6 Å². The van der Waals surface area contributed by atoms with Gasteiger partial charge in [-0.05, 0) is 25.1 Å². The molecule has 6 heteroatoms. The van der Waals surface area contributed by atoms with Crippen LogP contribution in [0.2, 0.25) is 0 Å². The van der Waals surface area contributed by atoms with Gasteiger partial charge < -0.3 is 5.11 Å². The topological polar surface area (TPSA) is 63.1 Å². The second-order valence-electron chi connectivity index (χ2n) is 3.65. The van der Waals surface area contributed by atoms with E-state index in [4.69, 9.17) is 5.11 Å². The molecule has 0 amide bonds. The number of carbonyl (C=O) groups is 1. The lowest BCUT2D eigenvalue weighted by atomic mass is 10.2. The van der Waals surface area contributed by atoms with Crippen molar-refractivity contribution in [2.75, 3.05) is 0 Å². The third-order valence-electron chi connectivity index (χ3n) is 2.25.